The fraction of sp³-hybridized carbons (Fsp3) is 0.632. The van der Waals surface area contributed by atoms with E-state index in [0.29, 0.717) is 12.1 Å². The normalized spacial score (nSPS) is 22.0. The van der Waals surface area contributed by atoms with Gasteiger partial charge in [0.2, 0.25) is 10.0 Å². The SMILES string of the molecule is CCN1CCCCC1CNS(=O)(=O)c1cccc(C(=O)NC2CCC2)c1. The first-order chi connectivity index (χ1) is 12.5. The molecule has 2 N–H and O–H groups in total. The van der Waals surface area contributed by atoms with Gasteiger partial charge in [0.25, 0.3) is 5.91 Å². The first-order valence-electron chi connectivity index (χ1n) is 9.64. The topological polar surface area (TPSA) is 78.5 Å². The number of carbonyl (C=O) groups excluding carboxylic acids is 1. The molecule has 6 nitrogen and oxygen atoms in total. The Labute approximate surface area is 156 Å². The smallest absolute Gasteiger partial charge is 0.251 e. The Hall–Kier alpha value is -1.44. The van der Waals surface area contributed by atoms with Gasteiger partial charge in [-0.25, -0.2) is 13.1 Å². The number of nitrogens with zero attached hydrogens (tertiary/aromatic N) is 1. The van der Waals surface area contributed by atoms with Gasteiger partial charge in [-0.15, -0.1) is 0 Å². The summed E-state index contributed by atoms with van der Waals surface area (Å²) in [5, 5.41) is 2.95. The van der Waals surface area contributed by atoms with Crippen molar-refractivity contribution in [2.45, 2.75) is 62.4 Å². The summed E-state index contributed by atoms with van der Waals surface area (Å²) in [5.74, 6) is -0.198. The largest absolute Gasteiger partial charge is 0.349 e. The first-order valence-corrected chi connectivity index (χ1v) is 11.1. The third-order valence-corrected chi connectivity index (χ3v) is 6.93. The third-order valence-electron chi connectivity index (χ3n) is 5.51. The van der Waals surface area contributed by atoms with Crippen LogP contribution in [0.5, 0.6) is 0 Å². The summed E-state index contributed by atoms with van der Waals surface area (Å²) in [6, 6.07) is 6.77. The molecule has 0 bridgehead atoms. The summed E-state index contributed by atoms with van der Waals surface area (Å²) in [4.78, 5) is 14.8. The highest BCUT2D eigenvalue weighted by Crippen LogP contribution is 2.20. The number of benzene rings is 1. The minimum atomic E-state index is -3.62. The zero-order valence-electron chi connectivity index (χ0n) is 15.4. The minimum absolute atomic E-state index is 0.151. The van der Waals surface area contributed by atoms with Crippen molar-refractivity contribution < 1.29 is 13.2 Å². The molecule has 1 atom stereocenters. The highest BCUT2D eigenvalue weighted by Gasteiger charge is 2.24. The Morgan fingerprint density at radius 1 is 1.19 bits per heavy atom. The van der Waals surface area contributed by atoms with Crippen LogP contribution in [0, 0.1) is 0 Å². The average molecular weight is 380 g/mol. The third kappa shape index (κ3) is 4.64. The number of piperidine rings is 1. The number of rotatable bonds is 7. The van der Waals surface area contributed by atoms with E-state index in [1.165, 1.54) is 12.5 Å². The van der Waals surface area contributed by atoms with Crippen LogP contribution in [-0.4, -0.2) is 50.9 Å². The standard InChI is InChI=1S/C19H29N3O3S/c1-2-22-12-4-3-10-17(22)14-20-26(24,25)18-11-5-7-15(13-18)19(23)21-16-8-6-9-16/h5,7,11,13,16-17,20H,2-4,6,8-10,12,14H2,1H3,(H,21,23). The van der Waals surface area contributed by atoms with E-state index in [2.05, 4.69) is 21.9 Å². The van der Waals surface area contributed by atoms with E-state index in [1.807, 2.05) is 0 Å². The Morgan fingerprint density at radius 2 is 2.00 bits per heavy atom. The van der Waals surface area contributed by atoms with Gasteiger partial charge in [-0.05, 0) is 63.4 Å². The second-order valence-corrected chi connectivity index (χ2v) is 9.03. The van der Waals surface area contributed by atoms with E-state index < -0.39 is 10.0 Å². The van der Waals surface area contributed by atoms with Crippen LogP contribution in [0.3, 0.4) is 0 Å². The predicted molar refractivity (Wildman–Crippen MR) is 102 cm³/mol. The number of hydrogen-bond donors (Lipinski definition) is 2. The number of nitrogens with one attached hydrogen (secondary N) is 2. The quantitative estimate of drug-likeness (QED) is 0.761. The molecule has 2 aliphatic rings. The van der Waals surface area contributed by atoms with Gasteiger partial charge in [0.05, 0.1) is 4.90 Å². The van der Waals surface area contributed by atoms with Crippen LogP contribution >= 0.6 is 0 Å². The molecule has 3 rings (SSSR count). The van der Waals surface area contributed by atoms with Crippen molar-refractivity contribution in [3.8, 4) is 0 Å². The number of likely N-dealkylation sites (N-methyl/N-ethyl adjacent to an activating group) is 1. The summed E-state index contributed by atoms with van der Waals surface area (Å²) in [7, 11) is -3.62. The Morgan fingerprint density at radius 3 is 2.69 bits per heavy atom. The van der Waals surface area contributed by atoms with Crippen molar-refractivity contribution in [2.24, 2.45) is 0 Å². The summed E-state index contributed by atoms with van der Waals surface area (Å²) < 4.78 is 28.1. The van der Waals surface area contributed by atoms with Crippen molar-refractivity contribution >= 4 is 15.9 Å². The molecule has 1 aliphatic heterocycles. The van der Waals surface area contributed by atoms with E-state index in [0.717, 1.165) is 45.2 Å². The van der Waals surface area contributed by atoms with E-state index in [1.54, 1.807) is 18.2 Å². The monoisotopic (exact) mass is 379 g/mol. The Bertz CT molecular complexity index is 731. The average Bonchev–Trinajstić information content (AvgIpc) is 2.63. The number of hydrogen-bond acceptors (Lipinski definition) is 4. The highest BCUT2D eigenvalue weighted by atomic mass is 32.2. The number of amides is 1. The van der Waals surface area contributed by atoms with Crippen molar-refractivity contribution in [2.75, 3.05) is 19.6 Å². The zero-order valence-corrected chi connectivity index (χ0v) is 16.2. The summed E-state index contributed by atoms with van der Waals surface area (Å²) in [6.45, 7) is 4.48. The molecule has 144 valence electrons. The lowest BCUT2D eigenvalue weighted by Crippen LogP contribution is -2.46. The van der Waals surface area contributed by atoms with Gasteiger partial charge in [0.15, 0.2) is 0 Å². The second kappa shape index (κ2) is 8.50. The molecular formula is C19H29N3O3S. The Kier molecular flexibility index (Phi) is 6.32. The Balaban J connectivity index is 1.64. The summed E-state index contributed by atoms with van der Waals surface area (Å²) in [6.07, 6.45) is 6.47. The van der Waals surface area contributed by atoms with Crippen LogP contribution in [0.2, 0.25) is 0 Å². The predicted octanol–water partition coefficient (Wildman–Crippen LogP) is 2.12. The van der Waals surface area contributed by atoms with Crippen LogP contribution in [0.15, 0.2) is 29.2 Å². The molecule has 1 amide bonds. The maximum Gasteiger partial charge on any atom is 0.251 e. The van der Waals surface area contributed by atoms with Gasteiger partial charge < -0.3 is 5.32 Å². The van der Waals surface area contributed by atoms with Crippen LogP contribution in [0.25, 0.3) is 0 Å². The van der Waals surface area contributed by atoms with Crippen molar-refractivity contribution in [1.29, 1.82) is 0 Å². The van der Waals surface area contributed by atoms with E-state index in [4.69, 9.17) is 0 Å². The van der Waals surface area contributed by atoms with Crippen molar-refractivity contribution in [1.82, 2.24) is 14.9 Å². The molecule has 1 saturated carbocycles. The molecule has 1 heterocycles. The van der Waals surface area contributed by atoms with Gasteiger partial charge >= 0.3 is 0 Å². The lowest BCUT2D eigenvalue weighted by atomic mass is 9.93. The van der Waals surface area contributed by atoms with E-state index in [9.17, 15) is 13.2 Å². The van der Waals surface area contributed by atoms with Gasteiger partial charge in [0, 0.05) is 24.2 Å². The van der Waals surface area contributed by atoms with Crippen molar-refractivity contribution in [3.05, 3.63) is 29.8 Å². The van der Waals surface area contributed by atoms with Crippen LogP contribution in [0.1, 0.15) is 55.8 Å². The molecule has 0 spiro atoms. The van der Waals surface area contributed by atoms with Gasteiger partial charge in [-0.3, -0.25) is 9.69 Å². The molecule has 7 heteroatoms. The summed E-state index contributed by atoms with van der Waals surface area (Å²) in [5.41, 5.74) is 0.396. The fourth-order valence-electron chi connectivity index (χ4n) is 3.62. The molecular weight excluding hydrogens is 350 g/mol. The molecule has 2 fully saturated rings. The van der Waals surface area contributed by atoms with Crippen LogP contribution in [0.4, 0.5) is 0 Å². The van der Waals surface area contributed by atoms with E-state index >= 15 is 0 Å². The zero-order chi connectivity index (χ0) is 18.6. The molecule has 1 saturated heterocycles. The summed E-state index contributed by atoms with van der Waals surface area (Å²) >= 11 is 0. The maximum atomic E-state index is 12.7. The molecule has 1 aromatic rings. The lowest BCUT2D eigenvalue weighted by molar-refractivity contribution is 0.0916. The molecule has 26 heavy (non-hydrogen) atoms. The molecule has 0 aromatic heterocycles. The fourth-order valence-corrected chi connectivity index (χ4v) is 4.74. The highest BCUT2D eigenvalue weighted by molar-refractivity contribution is 7.89. The number of carbonyl (C=O) groups is 1. The molecule has 1 unspecified atom stereocenters. The second-order valence-electron chi connectivity index (χ2n) is 7.26. The van der Waals surface area contributed by atoms with Crippen molar-refractivity contribution in [3.63, 3.8) is 0 Å². The molecule has 1 aromatic carbocycles. The van der Waals surface area contributed by atoms with Crippen LogP contribution < -0.4 is 10.0 Å². The van der Waals surface area contributed by atoms with Gasteiger partial charge in [-0.1, -0.05) is 19.4 Å². The molecule has 0 radical (unpaired) electrons. The maximum absolute atomic E-state index is 12.7. The minimum Gasteiger partial charge on any atom is -0.349 e. The van der Waals surface area contributed by atoms with Gasteiger partial charge in [0.1, 0.15) is 0 Å². The van der Waals surface area contributed by atoms with E-state index in [-0.39, 0.29) is 22.9 Å². The van der Waals surface area contributed by atoms with Crippen LogP contribution in [-0.2, 0) is 10.0 Å². The first kappa shape index (κ1) is 19.3. The number of likely N-dealkylation sites (tertiary alicyclic amines) is 1. The molecule has 1 aliphatic carbocycles. The lowest BCUT2D eigenvalue weighted by Gasteiger charge is -2.34. The van der Waals surface area contributed by atoms with Gasteiger partial charge in [-0.2, -0.15) is 0 Å². The number of sulfonamides is 1.